The zero-order valence-corrected chi connectivity index (χ0v) is 6.51. The molecule has 0 fully saturated rings. The first-order valence-electron chi connectivity index (χ1n) is 3.74. The molecular weight excluding hydrogens is 128 g/mol. The summed E-state index contributed by atoms with van der Waals surface area (Å²) >= 11 is 0. The third-order valence-corrected chi connectivity index (χ3v) is 1.38. The molecule has 0 unspecified atom stereocenters. The summed E-state index contributed by atoms with van der Waals surface area (Å²) in [5.41, 5.74) is 1.16. The van der Waals surface area contributed by atoms with E-state index >= 15 is 0 Å². The molecule has 2 nitrogen and oxygen atoms in total. The Labute approximate surface area is 62.2 Å². The van der Waals surface area contributed by atoms with Crippen molar-refractivity contribution in [3.8, 4) is 0 Å². The first-order chi connectivity index (χ1) is 4.85. The standard InChI is InChI=1S/C8H16O2/c1-2-3-8(4-6-9)5-7-10/h4,9-10H,2-3,5-7H2,1H3. The molecule has 0 aromatic rings. The topological polar surface area (TPSA) is 40.5 Å². The number of aliphatic hydroxyl groups excluding tert-OH is 2. The molecule has 0 radical (unpaired) electrons. The largest absolute Gasteiger partial charge is 0.396 e. The lowest BCUT2D eigenvalue weighted by molar-refractivity contribution is 0.296. The Bertz CT molecular complexity index is 89.4. The lowest BCUT2D eigenvalue weighted by Gasteiger charge is -2.01. The fourth-order valence-corrected chi connectivity index (χ4v) is 0.923. The zero-order valence-electron chi connectivity index (χ0n) is 6.51. The Morgan fingerprint density at radius 1 is 1.30 bits per heavy atom. The van der Waals surface area contributed by atoms with Gasteiger partial charge in [0.05, 0.1) is 6.61 Å². The van der Waals surface area contributed by atoms with Crippen LogP contribution >= 0.6 is 0 Å². The number of aliphatic hydroxyl groups is 2. The van der Waals surface area contributed by atoms with Crippen molar-refractivity contribution in [3.63, 3.8) is 0 Å². The number of hydrogen-bond donors (Lipinski definition) is 2. The average molecular weight is 144 g/mol. The van der Waals surface area contributed by atoms with E-state index in [4.69, 9.17) is 10.2 Å². The molecule has 0 rings (SSSR count). The Kier molecular flexibility index (Phi) is 6.55. The van der Waals surface area contributed by atoms with Crippen molar-refractivity contribution in [1.82, 2.24) is 0 Å². The molecule has 0 aromatic carbocycles. The van der Waals surface area contributed by atoms with Gasteiger partial charge in [-0.05, 0) is 12.8 Å². The highest BCUT2D eigenvalue weighted by Gasteiger charge is 1.92. The minimum atomic E-state index is 0.0926. The molecule has 60 valence electrons. The first-order valence-corrected chi connectivity index (χ1v) is 3.74. The quantitative estimate of drug-likeness (QED) is 0.567. The highest BCUT2D eigenvalue weighted by Crippen LogP contribution is 2.07. The van der Waals surface area contributed by atoms with E-state index in [1.54, 1.807) is 6.08 Å². The molecule has 0 aliphatic rings. The molecule has 0 aliphatic heterocycles. The summed E-state index contributed by atoms with van der Waals surface area (Å²) in [7, 11) is 0. The average Bonchev–Trinajstić information content (AvgIpc) is 1.90. The van der Waals surface area contributed by atoms with Crippen LogP contribution in [0.1, 0.15) is 26.2 Å². The fraction of sp³-hybridized carbons (Fsp3) is 0.750. The van der Waals surface area contributed by atoms with Crippen LogP contribution in [0.25, 0.3) is 0 Å². The van der Waals surface area contributed by atoms with Gasteiger partial charge in [-0.3, -0.25) is 0 Å². The molecular formula is C8H16O2. The van der Waals surface area contributed by atoms with Crippen LogP contribution in [-0.2, 0) is 0 Å². The molecule has 0 aromatic heterocycles. The van der Waals surface area contributed by atoms with Crippen LogP contribution in [0.4, 0.5) is 0 Å². The summed E-state index contributed by atoms with van der Waals surface area (Å²) in [5, 5.41) is 17.1. The SMILES string of the molecule is CCCC(=CCO)CCO. The van der Waals surface area contributed by atoms with E-state index in [-0.39, 0.29) is 13.2 Å². The molecule has 10 heavy (non-hydrogen) atoms. The summed E-state index contributed by atoms with van der Waals surface area (Å²) in [6.45, 7) is 2.36. The van der Waals surface area contributed by atoms with Crippen molar-refractivity contribution in [2.45, 2.75) is 26.2 Å². The lowest BCUT2D eigenvalue weighted by Crippen LogP contribution is -1.90. The summed E-state index contributed by atoms with van der Waals surface area (Å²) in [4.78, 5) is 0. The molecule has 0 aliphatic carbocycles. The number of rotatable bonds is 5. The summed E-state index contributed by atoms with van der Waals surface area (Å²) < 4.78 is 0. The van der Waals surface area contributed by atoms with Crippen molar-refractivity contribution in [3.05, 3.63) is 11.6 Å². The van der Waals surface area contributed by atoms with Gasteiger partial charge in [0.15, 0.2) is 0 Å². The molecule has 0 amide bonds. The summed E-state index contributed by atoms with van der Waals surface area (Å²) in [6, 6.07) is 0. The molecule has 0 heterocycles. The predicted molar refractivity (Wildman–Crippen MR) is 41.8 cm³/mol. The van der Waals surface area contributed by atoms with E-state index in [1.165, 1.54) is 0 Å². The van der Waals surface area contributed by atoms with Crippen molar-refractivity contribution < 1.29 is 10.2 Å². The Morgan fingerprint density at radius 2 is 2.00 bits per heavy atom. The van der Waals surface area contributed by atoms with Crippen molar-refractivity contribution in [1.29, 1.82) is 0 Å². The third-order valence-electron chi connectivity index (χ3n) is 1.38. The summed E-state index contributed by atoms with van der Waals surface area (Å²) in [6.07, 6.45) is 4.54. The molecule has 0 bridgehead atoms. The second-order valence-electron chi connectivity index (χ2n) is 2.27. The maximum Gasteiger partial charge on any atom is 0.0615 e. The van der Waals surface area contributed by atoms with E-state index in [1.807, 2.05) is 0 Å². The van der Waals surface area contributed by atoms with Crippen LogP contribution in [0, 0.1) is 0 Å². The summed E-state index contributed by atoms with van der Waals surface area (Å²) in [5.74, 6) is 0. The Balaban J connectivity index is 3.60. The van der Waals surface area contributed by atoms with E-state index < -0.39 is 0 Å². The van der Waals surface area contributed by atoms with Crippen LogP contribution in [0.5, 0.6) is 0 Å². The molecule has 0 saturated carbocycles. The van der Waals surface area contributed by atoms with Gasteiger partial charge >= 0.3 is 0 Å². The smallest absolute Gasteiger partial charge is 0.0615 e. The van der Waals surface area contributed by atoms with Gasteiger partial charge in [-0.1, -0.05) is 25.0 Å². The number of hydrogen-bond acceptors (Lipinski definition) is 2. The minimum absolute atomic E-state index is 0.0926. The fourth-order valence-electron chi connectivity index (χ4n) is 0.923. The van der Waals surface area contributed by atoms with Crippen molar-refractivity contribution in [2.24, 2.45) is 0 Å². The second kappa shape index (κ2) is 6.78. The van der Waals surface area contributed by atoms with Crippen LogP contribution in [0.3, 0.4) is 0 Å². The van der Waals surface area contributed by atoms with Crippen molar-refractivity contribution >= 4 is 0 Å². The molecule has 2 N–H and O–H groups in total. The van der Waals surface area contributed by atoms with E-state index in [0.29, 0.717) is 6.42 Å². The minimum Gasteiger partial charge on any atom is -0.396 e. The second-order valence-corrected chi connectivity index (χ2v) is 2.27. The first kappa shape index (κ1) is 9.66. The van der Waals surface area contributed by atoms with Gasteiger partial charge in [-0.15, -0.1) is 0 Å². The molecule has 0 spiro atoms. The van der Waals surface area contributed by atoms with Crippen LogP contribution in [0.15, 0.2) is 11.6 Å². The zero-order chi connectivity index (χ0) is 7.82. The molecule has 2 heteroatoms. The molecule has 0 saturated heterocycles. The third kappa shape index (κ3) is 4.53. The van der Waals surface area contributed by atoms with Gasteiger partial charge in [0.1, 0.15) is 0 Å². The lowest BCUT2D eigenvalue weighted by atomic mass is 10.1. The highest BCUT2D eigenvalue weighted by molar-refractivity contribution is 5.01. The monoisotopic (exact) mass is 144 g/mol. The van der Waals surface area contributed by atoms with Gasteiger partial charge in [0.2, 0.25) is 0 Å². The maximum absolute atomic E-state index is 8.57. The Hall–Kier alpha value is -0.340. The van der Waals surface area contributed by atoms with Crippen LogP contribution in [-0.4, -0.2) is 23.4 Å². The van der Waals surface area contributed by atoms with E-state index in [2.05, 4.69) is 6.92 Å². The Morgan fingerprint density at radius 3 is 2.40 bits per heavy atom. The van der Waals surface area contributed by atoms with Gasteiger partial charge in [-0.2, -0.15) is 0 Å². The predicted octanol–water partition coefficient (Wildman–Crippen LogP) is 1.09. The van der Waals surface area contributed by atoms with E-state index in [0.717, 1.165) is 18.4 Å². The van der Waals surface area contributed by atoms with Gasteiger partial charge in [-0.25, -0.2) is 0 Å². The van der Waals surface area contributed by atoms with E-state index in [9.17, 15) is 0 Å². The molecule has 0 atom stereocenters. The highest BCUT2D eigenvalue weighted by atomic mass is 16.3. The van der Waals surface area contributed by atoms with Crippen LogP contribution in [0.2, 0.25) is 0 Å². The van der Waals surface area contributed by atoms with Crippen molar-refractivity contribution in [2.75, 3.05) is 13.2 Å². The van der Waals surface area contributed by atoms with Crippen LogP contribution < -0.4 is 0 Å². The van der Waals surface area contributed by atoms with Gasteiger partial charge in [0.25, 0.3) is 0 Å². The normalized spacial score (nSPS) is 12.1. The maximum atomic E-state index is 8.57. The van der Waals surface area contributed by atoms with Gasteiger partial charge < -0.3 is 10.2 Å². The van der Waals surface area contributed by atoms with Gasteiger partial charge in [0, 0.05) is 6.61 Å².